The lowest BCUT2D eigenvalue weighted by Crippen LogP contribution is -2.38. The molecular weight excluding hydrogens is 336 g/mol. The van der Waals surface area contributed by atoms with Crippen LogP contribution in [0.3, 0.4) is 0 Å². The number of carbonyl (C=O) groups is 1. The monoisotopic (exact) mass is 368 g/mol. The van der Waals surface area contributed by atoms with Crippen LogP contribution in [0.25, 0.3) is 0 Å². The summed E-state index contributed by atoms with van der Waals surface area (Å²) in [6.45, 7) is 12.6. The van der Waals surface area contributed by atoms with E-state index in [4.69, 9.17) is 4.42 Å². The molecule has 1 aliphatic rings. The zero-order valence-electron chi connectivity index (χ0n) is 17.0. The van der Waals surface area contributed by atoms with Crippen molar-refractivity contribution in [3.8, 4) is 0 Å². The van der Waals surface area contributed by atoms with Gasteiger partial charge in [0.1, 0.15) is 5.76 Å². The summed E-state index contributed by atoms with van der Waals surface area (Å²) in [4.78, 5) is 16.7. The molecule has 0 bridgehead atoms. The van der Waals surface area contributed by atoms with Crippen LogP contribution < -0.4 is 0 Å². The van der Waals surface area contributed by atoms with Crippen molar-refractivity contribution in [3.63, 3.8) is 0 Å². The Kier molecular flexibility index (Phi) is 6.38. The molecule has 0 spiro atoms. The van der Waals surface area contributed by atoms with Gasteiger partial charge in [-0.3, -0.25) is 9.69 Å². The number of hydrogen-bond acceptors (Lipinski definition) is 3. The van der Waals surface area contributed by atoms with Gasteiger partial charge in [0.15, 0.2) is 0 Å². The number of carbonyl (C=O) groups excluding carboxylic acids is 1. The van der Waals surface area contributed by atoms with Gasteiger partial charge in [0.25, 0.3) is 0 Å². The average molecular weight is 369 g/mol. The Morgan fingerprint density at radius 3 is 2.56 bits per heavy atom. The molecule has 4 nitrogen and oxygen atoms in total. The second kappa shape index (κ2) is 8.75. The van der Waals surface area contributed by atoms with Crippen molar-refractivity contribution in [1.82, 2.24) is 9.80 Å². The topological polar surface area (TPSA) is 36.7 Å². The highest BCUT2D eigenvalue weighted by atomic mass is 16.3. The summed E-state index contributed by atoms with van der Waals surface area (Å²) >= 11 is 0. The summed E-state index contributed by atoms with van der Waals surface area (Å²) in [5, 5.41) is 0. The molecule has 3 rings (SSSR count). The third-order valence-electron chi connectivity index (χ3n) is 5.47. The van der Waals surface area contributed by atoms with Gasteiger partial charge < -0.3 is 9.32 Å². The Hall–Kier alpha value is -2.07. The van der Waals surface area contributed by atoms with E-state index in [1.165, 1.54) is 11.1 Å². The molecule has 2 atom stereocenters. The standard InChI is InChI=1S/C23H32N2O2/c1-17(2)12-25(19(4)26)14-21-13-24(15-22-6-5-11-27-22)16-23(21)20-9-7-18(3)8-10-20/h5-11,17,21,23H,12-16H2,1-4H3. The molecule has 2 unspecified atom stereocenters. The highest BCUT2D eigenvalue weighted by molar-refractivity contribution is 5.73. The second-order valence-electron chi connectivity index (χ2n) is 8.37. The van der Waals surface area contributed by atoms with Crippen molar-refractivity contribution in [2.24, 2.45) is 11.8 Å². The van der Waals surface area contributed by atoms with Gasteiger partial charge in [-0.1, -0.05) is 43.7 Å². The van der Waals surface area contributed by atoms with Crippen LogP contribution in [0.4, 0.5) is 0 Å². The fraction of sp³-hybridized carbons (Fsp3) is 0.522. The molecule has 1 aromatic heterocycles. The Morgan fingerprint density at radius 1 is 1.22 bits per heavy atom. The van der Waals surface area contributed by atoms with E-state index < -0.39 is 0 Å². The molecule has 1 aliphatic heterocycles. The summed E-state index contributed by atoms with van der Waals surface area (Å²) in [6, 6.07) is 12.9. The normalized spacial score (nSPS) is 20.3. The van der Waals surface area contributed by atoms with E-state index in [1.807, 2.05) is 17.0 Å². The van der Waals surface area contributed by atoms with Gasteiger partial charge in [-0.05, 0) is 36.5 Å². The second-order valence-corrected chi connectivity index (χ2v) is 8.37. The van der Waals surface area contributed by atoms with E-state index >= 15 is 0 Å². The van der Waals surface area contributed by atoms with Crippen LogP contribution in [-0.4, -0.2) is 41.9 Å². The fourth-order valence-electron chi connectivity index (χ4n) is 4.14. The predicted molar refractivity (Wildman–Crippen MR) is 108 cm³/mol. The van der Waals surface area contributed by atoms with Crippen LogP contribution in [-0.2, 0) is 11.3 Å². The lowest BCUT2D eigenvalue weighted by molar-refractivity contribution is -0.130. The summed E-state index contributed by atoms with van der Waals surface area (Å²) in [5.74, 6) is 2.53. The van der Waals surface area contributed by atoms with Crippen molar-refractivity contribution >= 4 is 5.91 Å². The molecule has 4 heteroatoms. The summed E-state index contributed by atoms with van der Waals surface area (Å²) in [7, 11) is 0. The Morgan fingerprint density at radius 2 is 1.96 bits per heavy atom. The third-order valence-corrected chi connectivity index (χ3v) is 5.47. The van der Waals surface area contributed by atoms with Gasteiger partial charge in [0.2, 0.25) is 5.91 Å². The van der Waals surface area contributed by atoms with Gasteiger partial charge in [0, 0.05) is 39.0 Å². The van der Waals surface area contributed by atoms with Crippen LogP contribution in [0, 0.1) is 18.8 Å². The van der Waals surface area contributed by atoms with Crippen LogP contribution in [0.15, 0.2) is 47.1 Å². The fourth-order valence-corrected chi connectivity index (χ4v) is 4.14. The number of rotatable bonds is 7. The number of hydrogen-bond donors (Lipinski definition) is 0. The molecule has 1 saturated heterocycles. The largest absolute Gasteiger partial charge is 0.468 e. The minimum atomic E-state index is 0.177. The smallest absolute Gasteiger partial charge is 0.219 e. The van der Waals surface area contributed by atoms with Gasteiger partial charge in [-0.2, -0.15) is 0 Å². The first-order chi connectivity index (χ1) is 12.9. The number of amides is 1. The molecule has 146 valence electrons. The van der Waals surface area contributed by atoms with E-state index in [0.29, 0.717) is 17.8 Å². The van der Waals surface area contributed by atoms with E-state index in [2.05, 4.69) is 49.9 Å². The lowest BCUT2D eigenvalue weighted by atomic mass is 9.88. The predicted octanol–water partition coefficient (Wildman–Crippen LogP) is 4.31. The first kappa shape index (κ1) is 19.7. The summed E-state index contributed by atoms with van der Waals surface area (Å²) < 4.78 is 5.55. The number of benzene rings is 1. The number of furan rings is 1. The zero-order chi connectivity index (χ0) is 19.4. The number of aryl methyl sites for hydroxylation is 1. The van der Waals surface area contributed by atoms with Gasteiger partial charge in [-0.25, -0.2) is 0 Å². The van der Waals surface area contributed by atoms with E-state index in [0.717, 1.165) is 38.5 Å². The highest BCUT2D eigenvalue weighted by Gasteiger charge is 2.35. The number of nitrogens with zero attached hydrogens (tertiary/aromatic N) is 2. The van der Waals surface area contributed by atoms with Gasteiger partial charge >= 0.3 is 0 Å². The maximum atomic E-state index is 12.2. The molecule has 1 fully saturated rings. The van der Waals surface area contributed by atoms with E-state index in [1.54, 1.807) is 13.2 Å². The molecule has 2 heterocycles. The van der Waals surface area contributed by atoms with Crippen molar-refractivity contribution in [2.45, 2.75) is 40.2 Å². The summed E-state index contributed by atoms with van der Waals surface area (Å²) in [5.41, 5.74) is 2.66. The maximum Gasteiger partial charge on any atom is 0.219 e. The number of likely N-dealkylation sites (tertiary alicyclic amines) is 1. The SMILES string of the molecule is CC(=O)N(CC(C)C)CC1CN(Cc2ccco2)CC1c1ccc(C)cc1. The van der Waals surface area contributed by atoms with Crippen molar-refractivity contribution in [2.75, 3.05) is 26.2 Å². The van der Waals surface area contributed by atoms with E-state index in [9.17, 15) is 4.79 Å². The van der Waals surface area contributed by atoms with Crippen LogP contribution in [0.2, 0.25) is 0 Å². The van der Waals surface area contributed by atoms with Crippen molar-refractivity contribution in [1.29, 1.82) is 0 Å². The van der Waals surface area contributed by atoms with Crippen molar-refractivity contribution in [3.05, 3.63) is 59.5 Å². The van der Waals surface area contributed by atoms with Crippen LogP contribution in [0.5, 0.6) is 0 Å². The van der Waals surface area contributed by atoms with E-state index in [-0.39, 0.29) is 5.91 Å². The molecule has 0 aliphatic carbocycles. The molecule has 1 aromatic carbocycles. The lowest BCUT2D eigenvalue weighted by Gasteiger charge is -2.29. The maximum absolute atomic E-state index is 12.2. The highest BCUT2D eigenvalue weighted by Crippen LogP contribution is 2.34. The van der Waals surface area contributed by atoms with Crippen LogP contribution >= 0.6 is 0 Å². The first-order valence-corrected chi connectivity index (χ1v) is 9.99. The molecule has 2 aromatic rings. The minimum Gasteiger partial charge on any atom is -0.468 e. The molecule has 0 radical (unpaired) electrons. The van der Waals surface area contributed by atoms with Crippen molar-refractivity contribution < 1.29 is 9.21 Å². The van der Waals surface area contributed by atoms with Gasteiger partial charge in [0.05, 0.1) is 12.8 Å². The molecule has 0 saturated carbocycles. The Balaban J connectivity index is 1.77. The zero-order valence-corrected chi connectivity index (χ0v) is 17.0. The molecule has 0 N–H and O–H groups in total. The van der Waals surface area contributed by atoms with Gasteiger partial charge in [-0.15, -0.1) is 0 Å². The average Bonchev–Trinajstić information content (AvgIpc) is 3.25. The minimum absolute atomic E-state index is 0.177. The summed E-state index contributed by atoms with van der Waals surface area (Å²) in [6.07, 6.45) is 1.74. The molecule has 1 amide bonds. The molecular formula is C23H32N2O2. The van der Waals surface area contributed by atoms with Crippen LogP contribution in [0.1, 0.15) is 43.6 Å². The third kappa shape index (κ3) is 5.23. The first-order valence-electron chi connectivity index (χ1n) is 9.99. The Labute approximate surface area is 163 Å². The Bertz CT molecular complexity index is 721. The molecule has 27 heavy (non-hydrogen) atoms. The quantitative estimate of drug-likeness (QED) is 0.731.